The van der Waals surface area contributed by atoms with E-state index in [0.29, 0.717) is 16.3 Å². The van der Waals surface area contributed by atoms with Crippen LogP contribution in [0.25, 0.3) is 10.8 Å². The van der Waals surface area contributed by atoms with Crippen LogP contribution in [0, 0.1) is 0 Å². The molecule has 0 bridgehead atoms. The van der Waals surface area contributed by atoms with Crippen molar-refractivity contribution in [3.63, 3.8) is 0 Å². The number of hydrogen-bond acceptors (Lipinski definition) is 3. The first-order valence-corrected chi connectivity index (χ1v) is 11.3. The van der Waals surface area contributed by atoms with Crippen LogP contribution in [-0.2, 0) is 10.0 Å². The summed E-state index contributed by atoms with van der Waals surface area (Å²) in [6, 6.07) is 25.9. The number of amides is 1. The van der Waals surface area contributed by atoms with Gasteiger partial charge in [-0.1, -0.05) is 48.0 Å². The van der Waals surface area contributed by atoms with Gasteiger partial charge in [0.1, 0.15) is 0 Å². The van der Waals surface area contributed by atoms with Crippen molar-refractivity contribution < 1.29 is 13.2 Å². The van der Waals surface area contributed by atoms with Crippen LogP contribution in [0.5, 0.6) is 0 Å². The van der Waals surface area contributed by atoms with Crippen LogP contribution >= 0.6 is 11.6 Å². The number of nitrogens with one attached hydrogen (secondary N) is 1. The molecule has 7 heteroatoms. The molecule has 0 aliphatic rings. The van der Waals surface area contributed by atoms with Gasteiger partial charge in [-0.15, -0.1) is 0 Å². The lowest BCUT2D eigenvalue weighted by Gasteiger charge is -2.20. The fraction of sp³-hybridized carbons (Fsp3) is 0.0417. The molecule has 0 heterocycles. The van der Waals surface area contributed by atoms with Gasteiger partial charge in [0, 0.05) is 28.7 Å². The van der Waals surface area contributed by atoms with E-state index >= 15 is 0 Å². The summed E-state index contributed by atoms with van der Waals surface area (Å²) >= 11 is 5.85. The van der Waals surface area contributed by atoms with Crippen molar-refractivity contribution in [2.75, 3.05) is 16.7 Å². The van der Waals surface area contributed by atoms with Gasteiger partial charge in [0.15, 0.2) is 0 Å². The maximum absolute atomic E-state index is 12.8. The molecule has 0 radical (unpaired) electrons. The van der Waals surface area contributed by atoms with Gasteiger partial charge in [-0.2, -0.15) is 0 Å². The summed E-state index contributed by atoms with van der Waals surface area (Å²) in [6.07, 6.45) is 0. The zero-order valence-electron chi connectivity index (χ0n) is 16.6. The van der Waals surface area contributed by atoms with E-state index in [-0.39, 0.29) is 10.8 Å². The molecule has 0 fully saturated rings. The van der Waals surface area contributed by atoms with Gasteiger partial charge in [-0.3, -0.25) is 9.10 Å². The van der Waals surface area contributed by atoms with E-state index in [1.807, 2.05) is 42.5 Å². The number of carbonyl (C=O) groups is 1. The van der Waals surface area contributed by atoms with Crippen LogP contribution in [0.3, 0.4) is 0 Å². The molecule has 0 aliphatic heterocycles. The monoisotopic (exact) mass is 450 g/mol. The van der Waals surface area contributed by atoms with Gasteiger partial charge in [0.05, 0.1) is 10.6 Å². The summed E-state index contributed by atoms with van der Waals surface area (Å²) in [7, 11) is -2.27. The van der Waals surface area contributed by atoms with Gasteiger partial charge in [-0.05, 0) is 60.0 Å². The third-order valence-electron chi connectivity index (χ3n) is 5.00. The first kappa shape index (κ1) is 20.9. The Morgan fingerprint density at radius 3 is 2.19 bits per heavy atom. The van der Waals surface area contributed by atoms with E-state index in [0.717, 1.165) is 16.5 Å². The average Bonchev–Trinajstić information content (AvgIpc) is 2.79. The standard InChI is InChI=1S/C24H19ClN2O3S/c1-27(31(29,30)21-15-11-19(25)12-16-21)20-13-9-18(10-14-20)24(28)26-23-8-4-6-17-5-2-3-7-22(17)23/h2-16H,1H3,(H,26,28). The van der Waals surface area contributed by atoms with Gasteiger partial charge in [0.25, 0.3) is 15.9 Å². The second kappa shape index (κ2) is 8.41. The highest BCUT2D eigenvalue weighted by atomic mass is 35.5. The van der Waals surface area contributed by atoms with Crippen LogP contribution < -0.4 is 9.62 Å². The Balaban J connectivity index is 1.55. The highest BCUT2D eigenvalue weighted by molar-refractivity contribution is 7.92. The molecule has 0 aromatic heterocycles. The molecule has 5 nitrogen and oxygen atoms in total. The number of anilines is 2. The summed E-state index contributed by atoms with van der Waals surface area (Å²) in [5.41, 5.74) is 1.58. The Morgan fingerprint density at radius 2 is 1.48 bits per heavy atom. The van der Waals surface area contributed by atoms with E-state index < -0.39 is 10.0 Å². The maximum Gasteiger partial charge on any atom is 0.264 e. The number of carbonyl (C=O) groups excluding carboxylic acids is 1. The van der Waals surface area contributed by atoms with Crippen molar-refractivity contribution in [1.82, 2.24) is 0 Å². The molecule has 0 unspecified atom stereocenters. The summed E-state index contributed by atoms with van der Waals surface area (Å²) in [5, 5.41) is 5.37. The van der Waals surface area contributed by atoms with Gasteiger partial charge >= 0.3 is 0 Å². The lowest BCUT2D eigenvalue weighted by atomic mass is 10.1. The zero-order valence-corrected chi connectivity index (χ0v) is 18.2. The molecule has 0 spiro atoms. The number of rotatable bonds is 5. The number of sulfonamides is 1. The van der Waals surface area contributed by atoms with E-state index in [1.54, 1.807) is 24.3 Å². The van der Waals surface area contributed by atoms with Crippen LogP contribution in [0.1, 0.15) is 10.4 Å². The minimum Gasteiger partial charge on any atom is -0.321 e. The lowest BCUT2D eigenvalue weighted by Crippen LogP contribution is -2.26. The van der Waals surface area contributed by atoms with Crippen LogP contribution in [0.4, 0.5) is 11.4 Å². The quantitative estimate of drug-likeness (QED) is 0.432. The Labute approximate surface area is 185 Å². The van der Waals surface area contributed by atoms with Gasteiger partial charge < -0.3 is 5.32 Å². The summed E-state index contributed by atoms with van der Waals surface area (Å²) in [4.78, 5) is 12.9. The fourth-order valence-corrected chi connectivity index (χ4v) is 4.58. The molecule has 1 N–H and O–H groups in total. The second-order valence-electron chi connectivity index (χ2n) is 6.95. The molecular formula is C24H19ClN2O3S. The normalized spacial score (nSPS) is 11.3. The zero-order chi connectivity index (χ0) is 22.0. The molecule has 4 aromatic carbocycles. The summed E-state index contributed by atoms with van der Waals surface area (Å²) in [5.74, 6) is -0.272. The molecule has 0 saturated heterocycles. The number of hydrogen-bond donors (Lipinski definition) is 1. The topological polar surface area (TPSA) is 66.5 Å². The summed E-state index contributed by atoms with van der Waals surface area (Å²) < 4.78 is 26.8. The largest absolute Gasteiger partial charge is 0.321 e. The smallest absolute Gasteiger partial charge is 0.264 e. The fourth-order valence-electron chi connectivity index (χ4n) is 3.26. The minimum atomic E-state index is -3.74. The highest BCUT2D eigenvalue weighted by Crippen LogP contribution is 2.25. The minimum absolute atomic E-state index is 0.136. The maximum atomic E-state index is 12.8. The highest BCUT2D eigenvalue weighted by Gasteiger charge is 2.21. The number of halogens is 1. The summed E-state index contributed by atoms with van der Waals surface area (Å²) in [6.45, 7) is 0. The van der Waals surface area contributed by atoms with Gasteiger partial charge in [-0.25, -0.2) is 8.42 Å². The van der Waals surface area contributed by atoms with E-state index in [1.165, 1.54) is 35.6 Å². The average molecular weight is 451 g/mol. The molecule has 156 valence electrons. The number of benzene rings is 4. The van der Waals surface area contributed by atoms with Crippen molar-refractivity contribution in [1.29, 1.82) is 0 Å². The van der Waals surface area contributed by atoms with Crippen molar-refractivity contribution >= 4 is 49.7 Å². The predicted octanol–water partition coefficient (Wildman–Crippen LogP) is 5.57. The third-order valence-corrected chi connectivity index (χ3v) is 7.05. The first-order chi connectivity index (χ1) is 14.9. The number of nitrogens with zero attached hydrogens (tertiary/aromatic N) is 1. The Hall–Kier alpha value is -3.35. The Kier molecular flexibility index (Phi) is 5.67. The molecule has 0 saturated carbocycles. The molecule has 4 aromatic rings. The molecule has 31 heavy (non-hydrogen) atoms. The van der Waals surface area contributed by atoms with E-state index in [9.17, 15) is 13.2 Å². The van der Waals surface area contributed by atoms with Crippen molar-refractivity contribution in [2.24, 2.45) is 0 Å². The molecule has 1 amide bonds. The number of fused-ring (bicyclic) bond motifs is 1. The Bertz CT molecular complexity index is 1350. The van der Waals surface area contributed by atoms with Crippen LogP contribution in [-0.4, -0.2) is 21.4 Å². The van der Waals surface area contributed by atoms with Crippen molar-refractivity contribution in [2.45, 2.75) is 4.90 Å². The van der Waals surface area contributed by atoms with E-state index in [2.05, 4.69) is 5.32 Å². The second-order valence-corrected chi connectivity index (χ2v) is 9.36. The molecule has 0 aliphatic carbocycles. The third kappa shape index (κ3) is 4.26. The first-order valence-electron chi connectivity index (χ1n) is 9.50. The SMILES string of the molecule is CN(c1ccc(C(=O)Nc2cccc3ccccc23)cc1)S(=O)(=O)c1ccc(Cl)cc1. The predicted molar refractivity (Wildman–Crippen MR) is 125 cm³/mol. The van der Waals surface area contributed by atoms with Crippen molar-refractivity contribution in [3.8, 4) is 0 Å². The molecule has 0 atom stereocenters. The van der Waals surface area contributed by atoms with E-state index in [4.69, 9.17) is 11.6 Å². The lowest BCUT2D eigenvalue weighted by molar-refractivity contribution is 0.102. The van der Waals surface area contributed by atoms with Crippen LogP contribution in [0.2, 0.25) is 5.02 Å². The molecular weight excluding hydrogens is 432 g/mol. The van der Waals surface area contributed by atoms with Gasteiger partial charge in [0.2, 0.25) is 0 Å². The Morgan fingerprint density at radius 1 is 0.839 bits per heavy atom. The molecule has 4 rings (SSSR count). The van der Waals surface area contributed by atoms with Crippen LogP contribution in [0.15, 0.2) is 95.9 Å². The van der Waals surface area contributed by atoms with Crippen molar-refractivity contribution in [3.05, 3.63) is 102 Å².